The maximum absolute atomic E-state index is 12.4. The molecule has 4 atom stereocenters. The molecule has 2 fully saturated rings. The number of ether oxygens (including phenoxy) is 2. The first-order valence-corrected chi connectivity index (χ1v) is 18.3. The number of aryl methyl sites for hydroxylation is 2. The van der Waals surface area contributed by atoms with E-state index in [2.05, 4.69) is 67.8 Å². The third-order valence-corrected chi connectivity index (χ3v) is 9.19. The van der Waals surface area contributed by atoms with Crippen molar-refractivity contribution < 1.29 is 19.1 Å². The fraction of sp³-hybridized carbons (Fsp3) is 0.667. The summed E-state index contributed by atoms with van der Waals surface area (Å²) in [7, 11) is 0. The summed E-state index contributed by atoms with van der Waals surface area (Å²) in [4.78, 5) is 36.4. The van der Waals surface area contributed by atoms with Gasteiger partial charge in [0.05, 0.1) is 0 Å². The van der Waals surface area contributed by atoms with Crippen LogP contribution in [0.4, 0.5) is 9.59 Å². The monoisotopic (exact) mass is 766 g/mol. The quantitative estimate of drug-likeness (QED) is 0.290. The Kier molecular flexibility index (Phi) is 16.0. The van der Waals surface area contributed by atoms with Gasteiger partial charge in [-0.2, -0.15) is 0 Å². The lowest BCUT2D eigenvalue weighted by Crippen LogP contribution is -2.48. The summed E-state index contributed by atoms with van der Waals surface area (Å²) in [6, 6.07) is 8.64. The normalized spacial score (nSPS) is 21.7. The predicted molar refractivity (Wildman–Crippen MR) is 193 cm³/mol. The van der Waals surface area contributed by atoms with Crippen molar-refractivity contribution in [2.45, 2.75) is 125 Å². The molecule has 0 saturated carbocycles. The van der Waals surface area contributed by atoms with Crippen molar-refractivity contribution >= 4 is 44.0 Å². The summed E-state index contributed by atoms with van der Waals surface area (Å²) in [6.45, 7) is 21.2. The fourth-order valence-electron chi connectivity index (χ4n) is 5.38. The van der Waals surface area contributed by atoms with E-state index >= 15 is 0 Å². The van der Waals surface area contributed by atoms with Crippen LogP contribution in [0.5, 0.6) is 0 Å². The molecule has 8 nitrogen and oxygen atoms in total. The van der Waals surface area contributed by atoms with E-state index in [4.69, 9.17) is 9.47 Å². The Morgan fingerprint density at radius 1 is 0.783 bits per heavy atom. The number of alkyl halides is 1. The lowest BCUT2D eigenvalue weighted by atomic mass is 9.88. The van der Waals surface area contributed by atoms with Crippen molar-refractivity contribution in [1.82, 2.24) is 19.8 Å². The number of carbonyl (C=O) groups excluding carboxylic acids is 2. The van der Waals surface area contributed by atoms with Gasteiger partial charge in [0, 0.05) is 58.8 Å². The van der Waals surface area contributed by atoms with Crippen molar-refractivity contribution in [2.24, 2.45) is 11.8 Å². The summed E-state index contributed by atoms with van der Waals surface area (Å²) in [6.07, 6.45) is 8.72. The zero-order chi connectivity index (χ0) is 34.7. The van der Waals surface area contributed by atoms with Crippen molar-refractivity contribution in [3.05, 3.63) is 58.1 Å². The summed E-state index contributed by atoms with van der Waals surface area (Å²) < 4.78 is 12.0. The summed E-state index contributed by atoms with van der Waals surface area (Å²) >= 11 is 6.81. The van der Waals surface area contributed by atoms with E-state index in [0.29, 0.717) is 17.9 Å². The molecule has 0 unspecified atom stereocenters. The molecule has 2 aliphatic heterocycles. The Hall–Kier alpha value is -2.20. The fourth-order valence-corrected chi connectivity index (χ4v) is 6.36. The third-order valence-electron chi connectivity index (χ3n) is 7.78. The zero-order valence-electron chi connectivity index (χ0n) is 29.6. The van der Waals surface area contributed by atoms with Crippen molar-refractivity contribution in [3.63, 3.8) is 0 Å². The van der Waals surface area contributed by atoms with E-state index in [-0.39, 0.29) is 18.2 Å². The van der Waals surface area contributed by atoms with E-state index in [1.807, 2.05) is 83.5 Å². The Balaban J connectivity index is 0.000000267. The average Bonchev–Trinajstić information content (AvgIpc) is 2.93. The van der Waals surface area contributed by atoms with E-state index < -0.39 is 11.2 Å². The number of likely N-dealkylation sites (tertiary alicyclic amines) is 2. The van der Waals surface area contributed by atoms with E-state index in [1.54, 1.807) is 6.20 Å². The Labute approximate surface area is 294 Å². The van der Waals surface area contributed by atoms with Crippen LogP contribution in [0.15, 0.2) is 41.1 Å². The number of nitrogens with zero attached hydrogens (tertiary/aromatic N) is 4. The molecular formula is C36H56Br2N4O4. The molecule has 0 spiro atoms. The molecule has 2 saturated heterocycles. The Bertz CT molecular complexity index is 1230. The van der Waals surface area contributed by atoms with Gasteiger partial charge in [-0.1, -0.05) is 31.9 Å². The number of piperidine rings is 2. The Morgan fingerprint density at radius 2 is 1.24 bits per heavy atom. The van der Waals surface area contributed by atoms with Gasteiger partial charge < -0.3 is 19.3 Å². The Morgan fingerprint density at radius 3 is 1.65 bits per heavy atom. The molecule has 0 aliphatic carbocycles. The molecule has 0 radical (unpaired) electrons. The first-order chi connectivity index (χ1) is 21.4. The number of halogens is 2. The first-order valence-electron chi connectivity index (χ1n) is 16.4. The minimum Gasteiger partial charge on any atom is -0.444 e. The highest BCUT2D eigenvalue weighted by Gasteiger charge is 2.33. The largest absolute Gasteiger partial charge is 0.444 e. The number of rotatable bonds is 3. The van der Waals surface area contributed by atoms with Crippen LogP contribution in [0.2, 0.25) is 0 Å². The zero-order valence-corrected chi connectivity index (χ0v) is 32.8. The molecule has 2 amide bonds. The number of pyridine rings is 2. The van der Waals surface area contributed by atoms with Crippen molar-refractivity contribution in [1.29, 1.82) is 0 Å². The van der Waals surface area contributed by atoms with Crippen LogP contribution in [0.25, 0.3) is 0 Å². The molecule has 2 aromatic heterocycles. The number of hydrogen-bond acceptors (Lipinski definition) is 6. The van der Waals surface area contributed by atoms with Gasteiger partial charge in [-0.3, -0.25) is 9.97 Å². The van der Waals surface area contributed by atoms with Crippen LogP contribution in [0, 0.1) is 25.7 Å². The van der Waals surface area contributed by atoms with E-state index in [1.165, 1.54) is 12.0 Å². The second-order valence-corrected chi connectivity index (χ2v) is 16.2. The second kappa shape index (κ2) is 18.4. The van der Waals surface area contributed by atoms with E-state index in [9.17, 15) is 9.59 Å². The lowest BCUT2D eigenvalue weighted by Gasteiger charge is -2.38. The van der Waals surface area contributed by atoms with Gasteiger partial charge in [-0.15, -0.1) is 0 Å². The van der Waals surface area contributed by atoms with Gasteiger partial charge in [-0.05, 0) is 143 Å². The maximum Gasteiger partial charge on any atom is 0.410 e. The van der Waals surface area contributed by atoms with Crippen LogP contribution < -0.4 is 0 Å². The number of hydrogen-bond donors (Lipinski definition) is 0. The highest BCUT2D eigenvalue weighted by atomic mass is 79.9. The smallest absolute Gasteiger partial charge is 0.410 e. The van der Waals surface area contributed by atoms with Crippen LogP contribution in [-0.4, -0.2) is 73.7 Å². The van der Waals surface area contributed by atoms with Crippen LogP contribution in [-0.2, 0) is 15.9 Å². The number of carbonyl (C=O) groups is 2. The summed E-state index contributed by atoms with van der Waals surface area (Å²) in [5, 5.41) is 0.957. The molecule has 0 N–H and O–H groups in total. The molecule has 258 valence electrons. The topological polar surface area (TPSA) is 84.9 Å². The molecule has 46 heavy (non-hydrogen) atoms. The van der Waals surface area contributed by atoms with Crippen molar-refractivity contribution in [2.75, 3.05) is 18.4 Å². The van der Waals surface area contributed by atoms with Gasteiger partial charge >= 0.3 is 12.2 Å². The van der Waals surface area contributed by atoms with Crippen molar-refractivity contribution in [3.8, 4) is 0 Å². The number of aromatic nitrogens is 2. The molecule has 2 aliphatic rings. The first kappa shape index (κ1) is 40.0. The SMILES string of the molecule is C[C@H]1CC[C@H](CBr)CN1C(=O)OC(C)(C)C.Cc1cc(Br)ccn1.Cc1cc(C[C@H]2CC[C@H](C)N(C(=O)OC(C)(C)C)C2)ccn1. The van der Waals surface area contributed by atoms with Gasteiger partial charge in [0.1, 0.15) is 11.2 Å². The van der Waals surface area contributed by atoms with Crippen LogP contribution >= 0.6 is 31.9 Å². The molecule has 0 aromatic carbocycles. The molecule has 10 heteroatoms. The standard InChI is InChI=1S/C18H28N2O2.C12H22BrNO2.C6H6BrN/c1-13-10-15(8-9-19-13)11-16-7-6-14(2)20(12-16)17(21)22-18(3,4)5;1-9-5-6-10(7-13)8-14(9)11(15)16-12(2,3)4;1-5-4-6(7)2-3-8-5/h8-10,14,16H,6-7,11-12H2,1-5H3;9-10H,5-8H2,1-4H3;2-4H,1H3/t14-,16+;9-,10+;/m00./s1. The molecule has 4 heterocycles. The van der Waals surface area contributed by atoms with Gasteiger partial charge in [0.2, 0.25) is 0 Å². The third kappa shape index (κ3) is 15.1. The van der Waals surface area contributed by atoms with Crippen LogP contribution in [0.1, 0.15) is 98.0 Å². The predicted octanol–water partition coefficient (Wildman–Crippen LogP) is 9.54. The highest BCUT2D eigenvalue weighted by Crippen LogP contribution is 2.27. The summed E-state index contributed by atoms with van der Waals surface area (Å²) in [5.41, 5.74) is 2.55. The minimum absolute atomic E-state index is 0.175. The molecule has 0 bridgehead atoms. The van der Waals surface area contributed by atoms with E-state index in [0.717, 1.165) is 60.0 Å². The minimum atomic E-state index is -0.439. The molecule has 2 aromatic rings. The lowest BCUT2D eigenvalue weighted by molar-refractivity contribution is 0.00492. The van der Waals surface area contributed by atoms with Gasteiger partial charge in [-0.25, -0.2) is 9.59 Å². The van der Waals surface area contributed by atoms with Gasteiger partial charge in [0.25, 0.3) is 0 Å². The summed E-state index contributed by atoms with van der Waals surface area (Å²) in [5.74, 6) is 1.05. The van der Waals surface area contributed by atoms with Gasteiger partial charge in [0.15, 0.2) is 0 Å². The molecule has 4 rings (SSSR count). The second-order valence-electron chi connectivity index (χ2n) is 14.6. The van der Waals surface area contributed by atoms with Crippen LogP contribution in [0.3, 0.4) is 0 Å². The molecular weight excluding hydrogens is 712 g/mol. The average molecular weight is 769 g/mol. The highest BCUT2D eigenvalue weighted by molar-refractivity contribution is 9.10. The number of amides is 2. The maximum atomic E-state index is 12.4.